The van der Waals surface area contributed by atoms with Gasteiger partial charge in [0, 0.05) is 6.42 Å². The van der Waals surface area contributed by atoms with Crippen LogP contribution in [0.4, 0.5) is 0 Å². The minimum Gasteiger partial charge on any atom is -0.427 e. The molecule has 0 aliphatic heterocycles. The Morgan fingerprint density at radius 1 is 0.800 bits per heavy atom. The second kappa shape index (κ2) is 13.0. The molecule has 0 atom stereocenters. The molecule has 142 valence electrons. The number of ether oxygens (including phenoxy) is 1. The van der Waals surface area contributed by atoms with Crippen molar-refractivity contribution in [1.82, 2.24) is 0 Å². The highest BCUT2D eigenvalue weighted by molar-refractivity contribution is 5.72. The van der Waals surface area contributed by atoms with Crippen LogP contribution >= 0.6 is 0 Å². The molecule has 1 aromatic rings. The number of hydrogen-bond acceptors (Lipinski definition) is 2. The normalized spacial score (nSPS) is 11.5. The van der Waals surface area contributed by atoms with Gasteiger partial charge in [-0.1, -0.05) is 77.5 Å². The fourth-order valence-corrected chi connectivity index (χ4v) is 3.68. The zero-order valence-corrected chi connectivity index (χ0v) is 16.7. The molecule has 2 nitrogen and oxygen atoms in total. The van der Waals surface area contributed by atoms with Gasteiger partial charge in [-0.2, -0.15) is 0 Å². The summed E-state index contributed by atoms with van der Waals surface area (Å²) in [5.74, 6) is 0.559. The third-order valence-electron chi connectivity index (χ3n) is 5.24. The fraction of sp³-hybridized carbons (Fsp3) is 0.696. The predicted molar refractivity (Wildman–Crippen MR) is 107 cm³/mol. The van der Waals surface area contributed by atoms with Gasteiger partial charge in [0.25, 0.3) is 0 Å². The minimum atomic E-state index is -0.0958. The minimum absolute atomic E-state index is 0.0958. The maximum Gasteiger partial charge on any atom is 0.311 e. The van der Waals surface area contributed by atoms with E-state index < -0.39 is 0 Å². The standard InChI is InChI=1S/C23H38O2/c1-4-7-17-23(18-8-5-2,19-9-6-3)20-13-16-22(24)25-21-14-11-10-12-15-21/h10-12,14-15H,4-9,13,16-20H2,1-3H3. The highest BCUT2D eigenvalue weighted by Crippen LogP contribution is 2.41. The highest BCUT2D eigenvalue weighted by atomic mass is 16.5. The molecule has 25 heavy (non-hydrogen) atoms. The van der Waals surface area contributed by atoms with E-state index in [4.69, 9.17) is 4.74 Å². The van der Waals surface area contributed by atoms with Gasteiger partial charge in [0.15, 0.2) is 0 Å². The van der Waals surface area contributed by atoms with E-state index in [1.165, 1.54) is 57.8 Å². The van der Waals surface area contributed by atoms with Crippen LogP contribution in [0.2, 0.25) is 0 Å². The van der Waals surface area contributed by atoms with Gasteiger partial charge in [0.1, 0.15) is 5.75 Å². The summed E-state index contributed by atoms with van der Waals surface area (Å²) in [5, 5.41) is 0. The number of benzene rings is 1. The lowest BCUT2D eigenvalue weighted by Gasteiger charge is -2.34. The lowest BCUT2D eigenvalue weighted by atomic mass is 9.71. The zero-order valence-electron chi connectivity index (χ0n) is 16.7. The van der Waals surface area contributed by atoms with Crippen LogP contribution in [0.5, 0.6) is 5.75 Å². The van der Waals surface area contributed by atoms with Crippen LogP contribution in [0.25, 0.3) is 0 Å². The molecule has 0 fully saturated rings. The SMILES string of the molecule is CCCCC(CCCC)(CCCC)CCCC(=O)Oc1ccccc1. The van der Waals surface area contributed by atoms with Crippen LogP contribution < -0.4 is 4.74 Å². The number of carbonyl (C=O) groups excluding carboxylic acids is 1. The van der Waals surface area contributed by atoms with Crippen LogP contribution in [0, 0.1) is 5.41 Å². The van der Waals surface area contributed by atoms with E-state index in [0.29, 0.717) is 17.6 Å². The van der Waals surface area contributed by atoms with E-state index in [0.717, 1.165) is 12.8 Å². The van der Waals surface area contributed by atoms with Crippen molar-refractivity contribution in [3.63, 3.8) is 0 Å². The number of rotatable bonds is 14. The van der Waals surface area contributed by atoms with Gasteiger partial charge in [0.2, 0.25) is 0 Å². The Balaban J connectivity index is 2.54. The van der Waals surface area contributed by atoms with Crippen molar-refractivity contribution in [2.45, 2.75) is 97.8 Å². The molecule has 1 aromatic carbocycles. The Morgan fingerprint density at radius 2 is 1.28 bits per heavy atom. The van der Waals surface area contributed by atoms with Crippen molar-refractivity contribution in [1.29, 1.82) is 0 Å². The lowest BCUT2D eigenvalue weighted by Crippen LogP contribution is -2.22. The van der Waals surface area contributed by atoms with Gasteiger partial charge in [-0.3, -0.25) is 4.79 Å². The molecule has 0 bridgehead atoms. The van der Waals surface area contributed by atoms with Crippen molar-refractivity contribution in [3.05, 3.63) is 30.3 Å². The second-order valence-electron chi connectivity index (χ2n) is 7.45. The summed E-state index contributed by atoms with van der Waals surface area (Å²) in [6.45, 7) is 6.84. The number of para-hydroxylation sites is 1. The Morgan fingerprint density at radius 3 is 1.76 bits per heavy atom. The molecule has 1 rings (SSSR count). The van der Waals surface area contributed by atoms with Crippen LogP contribution in [0.1, 0.15) is 97.8 Å². The first kappa shape index (κ1) is 21.7. The number of esters is 1. The number of carbonyl (C=O) groups is 1. The van der Waals surface area contributed by atoms with E-state index in [-0.39, 0.29) is 5.97 Å². The largest absolute Gasteiger partial charge is 0.427 e. The Hall–Kier alpha value is -1.31. The van der Waals surface area contributed by atoms with E-state index in [9.17, 15) is 4.79 Å². The monoisotopic (exact) mass is 346 g/mol. The van der Waals surface area contributed by atoms with Crippen molar-refractivity contribution in [2.24, 2.45) is 5.41 Å². The summed E-state index contributed by atoms with van der Waals surface area (Å²) >= 11 is 0. The zero-order chi connectivity index (χ0) is 18.4. The first-order chi connectivity index (χ1) is 12.2. The van der Waals surface area contributed by atoms with Gasteiger partial charge in [0.05, 0.1) is 0 Å². The Kier molecular flexibility index (Phi) is 11.3. The average molecular weight is 347 g/mol. The topological polar surface area (TPSA) is 26.3 Å². The molecular weight excluding hydrogens is 308 g/mol. The molecule has 0 aliphatic rings. The Labute approximate surface area is 155 Å². The summed E-state index contributed by atoms with van der Waals surface area (Å²) in [6, 6.07) is 9.40. The van der Waals surface area contributed by atoms with E-state index >= 15 is 0 Å². The van der Waals surface area contributed by atoms with E-state index in [1.54, 1.807) is 0 Å². The van der Waals surface area contributed by atoms with Crippen LogP contribution in [-0.2, 0) is 4.79 Å². The van der Waals surface area contributed by atoms with Crippen molar-refractivity contribution in [2.75, 3.05) is 0 Å². The number of hydrogen-bond donors (Lipinski definition) is 0. The molecule has 0 saturated heterocycles. The molecule has 0 saturated carbocycles. The van der Waals surface area contributed by atoms with Gasteiger partial charge in [-0.05, 0) is 49.7 Å². The molecular formula is C23H38O2. The van der Waals surface area contributed by atoms with E-state index in [1.807, 2.05) is 30.3 Å². The fourth-order valence-electron chi connectivity index (χ4n) is 3.68. The van der Waals surface area contributed by atoms with E-state index in [2.05, 4.69) is 20.8 Å². The molecule has 0 N–H and O–H groups in total. The quantitative estimate of drug-likeness (QED) is 0.260. The summed E-state index contributed by atoms with van der Waals surface area (Å²) < 4.78 is 5.43. The average Bonchev–Trinajstić information content (AvgIpc) is 2.63. The molecule has 0 aliphatic carbocycles. The summed E-state index contributed by atoms with van der Waals surface area (Å²) in [6.07, 6.45) is 14.3. The molecule has 0 aromatic heterocycles. The Bertz CT molecular complexity index is 431. The summed E-state index contributed by atoms with van der Waals surface area (Å²) in [5.41, 5.74) is 0.440. The molecule has 2 heteroatoms. The number of unbranched alkanes of at least 4 members (excludes halogenated alkanes) is 3. The molecule has 0 amide bonds. The molecule has 0 unspecified atom stereocenters. The third-order valence-corrected chi connectivity index (χ3v) is 5.24. The van der Waals surface area contributed by atoms with Crippen LogP contribution in [0.3, 0.4) is 0 Å². The van der Waals surface area contributed by atoms with Crippen LogP contribution in [-0.4, -0.2) is 5.97 Å². The summed E-state index contributed by atoms with van der Waals surface area (Å²) in [4.78, 5) is 12.1. The maximum absolute atomic E-state index is 12.1. The van der Waals surface area contributed by atoms with Gasteiger partial charge >= 0.3 is 5.97 Å². The van der Waals surface area contributed by atoms with Gasteiger partial charge in [-0.15, -0.1) is 0 Å². The second-order valence-corrected chi connectivity index (χ2v) is 7.45. The molecule has 0 heterocycles. The lowest BCUT2D eigenvalue weighted by molar-refractivity contribution is -0.134. The summed E-state index contributed by atoms with van der Waals surface area (Å²) in [7, 11) is 0. The third kappa shape index (κ3) is 9.09. The van der Waals surface area contributed by atoms with Gasteiger partial charge < -0.3 is 4.74 Å². The molecule has 0 spiro atoms. The molecule has 0 radical (unpaired) electrons. The smallest absolute Gasteiger partial charge is 0.311 e. The predicted octanol–water partition coefficient (Wildman–Crippen LogP) is 7.32. The van der Waals surface area contributed by atoms with Crippen molar-refractivity contribution < 1.29 is 9.53 Å². The maximum atomic E-state index is 12.1. The van der Waals surface area contributed by atoms with Crippen LogP contribution in [0.15, 0.2) is 30.3 Å². The van der Waals surface area contributed by atoms with Crippen molar-refractivity contribution in [3.8, 4) is 5.75 Å². The van der Waals surface area contributed by atoms with Crippen molar-refractivity contribution >= 4 is 5.97 Å². The van der Waals surface area contributed by atoms with Gasteiger partial charge in [-0.25, -0.2) is 0 Å². The highest BCUT2D eigenvalue weighted by Gasteiger charge is 2.28. The first-order valence-electron chi connectivity index (χ1n) is 10.4. The first-order valence-corrected chi connectivity index (χ1v) is 10.4.